The molecule has 1 heterocycles. The smallest absolute Gasteiger partial charge is 0.301 e. The van der Waals surface area contributed by atoms with Gasteiger partial charge in [0.1, 0.15) is 0 Å². The maximum atomic E-state index is 12.4. The summed E-state index contributed by atoms with van der Waals surface area (Å²) in [6, 6.07) is 5.54. The fourth-order valence-electron chi connectivity index (χ4n) is 2.29. The average Bonchev–Trinajstić information content (AvgIpc) is 2.43. The van der Waals surface area contributed by atoms with Crippen LogP contribution in [0.1, 0.15) is 18.4 Å². The number of nitrogens with one attached hydrogen (secondary N) is 1. The van der Waals surface area contributed by atoms with E-state index in [1.54, 1.807) is 6.07 Å². The number of hydrogen-bond acceptors (Lipinski definition) is 3. The first-order valence-electron chi connectivity index (χ1n) is 6.66. The van der Waals surface area contributed by atoms with Crippen molar-refractivity contribution in [3.8, 4) is 0 Å². The monoisotopic (exact) mass is 361 g/mol. The molecule has 1 aliphatic heterocycles. The Labute approximate surface area is 128 Å². The maximum Gasteiger partial charge on any atom is 0.301 e. The van der Waals surface area contributed by atoms with Crippen molar-refractivity contribution in [3.63, 3.8) is 0 Å². The SMILES string of the molecule is Cc1ccc(Br)cc1NS(=O)(=O)N1CCC(CN)CC1. The first-order valence-corrected chi connectivity index (χ1v) is 8.90. The molecule has 0 aliphatic carbocycles. The molecule has 7 heteroatoms. The first kappa shape index (κ1) is 15.8. The summed E-state index contributed by atoms with van der Waals surface area (Å²) < 4.78 is 29.8. The summed E-state index contributed by atoms with van der Waals surface area (Å²) in [7, 11) is -3.49. The van der Waals surface area contributed by atoms with E-state index in [0.717, 1.165) is 22.9 Å². The van der Waals surface area contributed by atoms with Gasteiger partial charge in [-0.25, -0.2) is 0 Å². The average molecular weight is 362 g/mol. The number of nitrogens with two attached hydrogens (primary N) is 1. The summed E-state index contributed by atoms with van der Waals surface area (Å²) >= 11 is 3.35. The molecule has 0 spiro atoms. The van der Waals surface area contributed by atoms with Crippen LogP contribution in [-0.4, -0.2) is 32.4 Å². The standard InChI is InChI=1S/C13H20BrN3O2S/c1-10-2-3-12(14)8-13(10)16-20(18,19)17-6-4-11(9-15)5-7-17/h2-3,8,11,16H,4-7,9,15H2,1H3. The molecule has 0 radical (unpaired) electrons. The summed E-state index contributed by atoms with van der Waals surface area (Å²) in [6.45, 7) is 3.57. The molecule has 112 valence electrons. The Morgan fingerprint density at radius 3 is 2.65 bits per heavy atom. The Bertz CT molecular complexity index is 569. The summed E-state index contributed by atoms with van der Waals surface area (Å²) in [6.07, 6.45) is 1.66. The molecule has 1 aromatic carbocycles. The van der Waals surface area contributed by atoms with Crippen molar-refractivity contribution in [1.29, 1.82) is 0 Å². The van der Waals surface area contributed by atoms with E-state index >= 15 is 0 Å². The lowest BCUT2D eigenvalue weighted by Gasteiger charge is -2.30. The van der Waals surface area contributed by atoms with Crippen molar-refractivity contribution in [3.05, 3.63) is 28.2 Å². The number of nitrogens with zero attached hydrogens (tertiary/aromatic N) is 1. The third-order valence-electron chi connectivity index (χ3n) is 3.69. The number of rotatable bonds is 4. The first-order chi connectivity index (χ1) is 9.42. The topological polar surface area (TPSA) is 75.4 Å². The predicted octanol–water partition coefficient (Wildman–Crippen LogP) is 2.08. The Hall–Kier alpha value is -0.630. The van der Waals surface area contributed by atoms with E-state index in [2.05, 4.69) is 20.7 Å². The number of benzene rings is 1. The summed E-state index contributed by atoms with van der Waals surface area (Å²) in [4.78, 5) is 0. The van der Waals surface area contributed by atoms with Gasteiger partial charge in [0, 0.05) is 17.6 Å². The molecule has 2 rings (SSSR count). The Kier molecular flexibility index (Phi) is 5.06. The van der Waals surface area contributed by atoms with Crippen molar-refractivity contribution >= 4 is 31.8 Å². The van der Waals surface area contributed by atoms with E-state index in [1.165, 1.54) is 4.31 Å². The highest BCUT2D eigenvalue weighted by molar-refractivity contribution is 9.10. The van der Waals surface area contributed by atoms with Crippen LogP contribution < -0.4 is 10.5 Å². The zero-order chi connectivity index (χ0) is 14.8. The van der Waals surface area contributed by atoms with Crippen molar-refractivity contribution in [2.24, 2.45) is 11.7 Å². The molecular weight excluding hydrogens is 342 g/mol. The number of anilines is 1. The maximum absolute atomic E-state index is 12.4. The van der Waals surface area contributed by atoms with Crippen LogP contribution in [0.2, 0.25) is 0 Å². The minimum absolute atomic E-state index is 0.439. The molecular formula is C13H20BrN3O2S. The molecule has 0 amide bonds. The van der Waals surface area contributed by atoms with Crippen LogP contribution in [0, 0.1) is 12.8 Å². The van der Waals surface area contributed by atoms with Crippen LogP contribution in [0.4, 0.5) is 5.69 Å². The third kappa shape index (κ3) is 3.72. The van der Waals surface area contributed by atoms with Crippen LogP contribution in [0.25, 0.3) is 0 Å². The van der Waals surface area contributed by atoms with E-state index in [0.29, 0.717) is 31.2 Å². The van der Waals surface area contributed by atoms with Gasteiger partial charge in [-0.05, 0) is 49.9 Å². The van der Waals surface area contributed by atoms with Gasteiger partial charge in [0.25, 0.3) is 0 Å². The van der Waals surface area contributed by atoms with Crippen LogP contribution in [0.5, 0.6) is 0 Å². The molecule has 0 saturated carbocycles. The normalized spacial score (nSPS) is 18.1. The molecule has 5 nitrogen and oxygen atoms in total. The second kappa shape index (κ2) is 6.43. The zero-order valence-corrected chi connectivity index (χ0v) is 13.9. The Morgan fingerprint density at radius 1 is 1.40 bits per heavy atom. The lowest BCUT2D eigenvalue weighted by Crippen LogP contribution is -2.42. The van der Waals surface area contributed by atoms with Gasteiger partial charge in [-0.15, -0.1) is 0 Å². The quantitative estimate of drug-likeness (QED) is 0.861. The van der Waals surface area contributed by atoms with Gasteiger partial charge in [0.2, 0.25) is 0 Å². The van der Waals surface area contributed by atoms with E-state index in [9.17, 15) is 8.42 Å². The number of piperidine rings is 1. The van der Waals surface area contributed by atoms with E-state index < -0.39 is 10.2 Å². The molecule has 1 aliphatic rings. The van der Waals surface area contributed by atoms with Crippen LogP contribution in [-0.2, 0) is 10.2 Å². The van der Waals surface area contributed by atoms with Crippen molar-refractivity contribution in [2.75, 3.05) is 24.4 Å². The molecule has 1 saturated heterocycles. The van der Waals surface area contributed by atoms with Crippen LogP contribution in [0.3, 0.4) is 0 Å². The van der Waals surface area contributed by atoms with Crippen molar-refractivity contribution < 1.29 is 8.42 Å². The van der Waals surface area contributed by atoms with Crippen LogP contribution >= 0.6 is 15.9 Å². The minimum Gasteiger partial charge on any atom is -0.330 e. The molecule has 3 N–H and O–H groups in total. The van der Waals surface area contributed by atoms with Gasteiger partial charge in [-0.1, -0.05) is 22.0 Å². The van der Waals surface area contributed by atoms with E-state index in [1.807, 2.05) is 19.1 Å². The van der Waals surface area contributed by atoms with Gasteiger partial charge < -0.3 is 5.73 Å². The Balaban J connectivity index is 2.10. The molecule has 1 fully saturated rings. The number of hydrogen-bond donors (Lipinski definition) is 2. The van der Waals surface area contributed by atoms with Crippen molar-refractivity contribution in [1.82, 2.24) is 4.31 Å². The highest BCUT2D eigenvalue weighted by Crippen LogP contribution is 2.24. The second-order valence-electron chi connectivity index (χ2n) is 5.14. The largest absolute Gasteiger partial charge is 0.330 e. The Morgan fingerprint density at radius 2 is 2.05 bits per heavy atom. The second-order valence-corrected chi connectivity index (χ2v) is 7.73. The molecule has 0 aromatic heterocycles. The third-order valence-corrected chi connectivity index (χ3v) is 5.70. The van der Waals surface area contributed by atoms with Gasteiger partial charge in [-0.2, -0.15) is 12.7 Å². The zero-order valence-electron chi connectivity index (χ0n) is 11.5. The van der Waals surface area contributed by atoms with Gasteiger partial charge in [-0.3, -0.25) is 4.72 Å². The fraction of sp³-hybridized carbons (Fsp3) is 0.538. The summed E-state index contributed by atoms with van der Waals surface area (Å²) in [5, 5.41) is 0. The molecule has 0 atom stereocenters. The number of aryl methyl sites for hydroxylation is 1. The van der Waals surface area contributed by atoms with Gasteiger partial charge >= 0.3 is 10.2 Å². The van der Waals surface area contributed by atoms with Gasteiger partial charge in [0.05, 0.1) is 5.69 Å². The van der Waals surface area contributed by atoms with Crippen LogP contribution in [0.15, 0.2) is 22.7 Å². The fourth-order valence-corrected chi connectivity index (χ4v) is 3.97. The highest BCUT2D eigenvalue weighted by atomic mass is 79.9. The summed E-state index contributed by atoms with van der Waals surface area (Å²) in [5.74, 6) is 0.439. The minimum atomic E-state index is -3.49. The highest BCUT2D eigenvalue weighted by Gasteiger charge is 2.27. The predicted molar refractivity (Wildman–Crippen MR) is 84.8 cm³/mol. The van der Waals surface area contributed by atoms with E-state index in [4.69, 9.17) is 5.73 Å². The molecule has 1 aromatic rings. The van der Waals surface area contributed by atoms with E-state index in [-0.39, 0.29) is 0 Å². The number of halogens is 1. The lowest BCUT2D eigenvalue weighted by atomic mass is 9.99. The molecule has 0 bridgehead atoms. The molecule has 0 unspecified atom stereocenters. The van der Waals surface area contributed by atoms with Gasteiger partial charge in [0.15, 0.2) is 0 Å². The summed E-state index contributed by atoms with van der Waals surface area (Å²) in [5.41, 5.74) is 7.14. The molecule has 20 heavy (non-hydrogen) atoms. The van der Waals surface area contributed by atoms with Crippen molar-refractivity contribution in [2.45, 2.75) is 19.8 Å². The lowest BCUT2D eigenvalue weighted by molar-refractivity contribution is 0.280.